The molecule has 0 radical (unpaired) electrons. The SMILES string of the molecule is COc1cc2c(Oc3ccc(N)c(C)c3C)ccnc2cc1OCc1ccccc1.NC(N)=O. The number of benzene rings is 3. The van der Waals surface area contributed by atoms with Crippen LogP contribution in [0.4, 0.5) is 10.5 Å². The van der Waals surface area contributed by atoms with Crippen molar-refractivity contribution in [2.75, 3.05) is 12.8 Å². The fourth-order valence-corrected chi connectivity index (χ4v) is 3.27. The largest absolute Gasteiger partial charge is 0.493 e. The van der Waals surface area contributed by atoms with Crippen LogP contribution in [0.2, 0.25) is 0 Å². The van der Waals surface area contributed by atoms with Gasteiger partial charge in [-0.25, -0.2) is 4.79 Å². The fraction of sp³-hybridized carbons (Fsp3) is 0.154. The number of ether oxygens (including phenoxy) is 3. The van der Waals surface area contributed by atoms with Gasteiger partial charge in [0.05, 0.1) is 12.6 Å². The number of amides is 2. The Morgan fingerprint density at radius 2 is 1.59 bits per heavy atom. The number of nitrogens with two attached hydrogens (primary N) is 3. The average molecular weight is 461 g/mol. The van der Waals surface area contributed by atoms with E-state index in [0.717, 1.165) is 39.0 Å². The van der Waals surface area contributed by atoms with E-state index in [9.17, 15) is 0 Å². The Labute approximate surface area is 198 Å². The summed E-state index contributed by atoms with van der Waals surface area (Å²) in [4.78, 5) is 13.5. The van der Waals surface area contributed by atoms with E-state index >= 15 is 0 Å². The molecule has 0 spiro atoms. The lowest BCUT2D eigenvalue weighted by molar-refractivity contribution is 0.256. The summed E-state index contributed by atoms with van der Waals surface area (Å²) in [6.07, 6.45) is 1.73. The van der Waals surface area contributed by atoms with Crippen LogP contribution in [0.15, 0.2) is 66.9 Å². The molecule has 8 heteroatoms. The highest BCUT2D eigenvalue weighted by atomic mass is 16.5. The van der Waals surface area contributed by atoms with Gasteiger partial charge in [-0.2, -0.15) is 0 Å². The Bertz CT molecular complexity index is 1290. The van der Waals surface area contributed by atoms with Gasteiger partial charge in [-0.05, 0) is 54.8 Å². The molecule has 0 fully saturated rings. The quantitative estimate of drug-likeness (QED) is 0.352. The van der Waals surface area contributed by atoms with Gasteiger partial charge in [0.15, 0.2) is 11.5 Å². The molecule has 3 aromatic carbocycles. The summed E-state index contributed by atoms with van der Waals surface area (Å²) < 4.78 is 17.8. The number of hydrogen-bond donors (Lipinski definition) is 3. The molecule has 0 aliphatic heterocycles. The average Bonchev–Trinajstić information content (AvgIpc) is 2.83. The minimum absolute atomic E-state index is 0.447. The lowest BCUT2D eigenvalue weighted by atomic mass is 10.1. The molecule has 0 aliphatic carbocycles. The molecule has 6 N–H and O–H groups in total. The molecule has 0 bridgehead atoms. The Balaban J connectivity index is 0.000000751. The van der Waals surface area contributed by atoms with Crippen molar-refractivity contribution in [2.24, 2.45) is 11.5 Å². The number of pyridine rings is 1. The molecule has 0 saturated carbocycles. The molecule has 0 saturated heterocycles. The minimum atomic E-state index is -0.833. The number of nitrogens with zero attached hydrogens (tertiary/aromatic N) is 1. The minimum Gasteiger partial charge on any atom is -0.493 e. The molecule has 4 rings (SSSR count). The van der Waals surface area contributed by atoms with E-state index in [0.29, 0.717) is 23.9 Å². The first-order valence-corrected chi connectivity index (χ1v) is 10.5. The molecule has 2 amide bonds. The first kappa shape index (κ1) is 24.2. The number of carbonyl (C=O) groups is 1. The zero-order chi connectivity index (χ0) is 24.7. The van der Waals surface area contributed by atoms with Crippen LogP contribution in [0, 0.1) is 13.8 Å². The highest BCUT2D eigenvalue weighted by Crippen LogP contribution is 2.38. The number of rotatable bonds is 6. The normalized spacial score (nSPS) is 10.2. The van der Waals surface area contributed by atoms with E-state index < -0.39 is 6.03 Å². The highest BCUT2D eigenvalue weighted by molar-refractivity contribution is 5.88. The van der Waals surface area contributed by atoms with Crippen molar-refractivity contribution < 1.29 is 19.0 Å². The molecule has 34 heavy (non-hydrogen) atoms. The third-order valence-electron chi connectivity index (χ3n) is 5.22. The molecule has 1 heterocycles. The van der Waals surface area contributed by atoms with Crippen LogP contribution < -0.4 is 31.4 Å². The number of hydrogen-bond acceptors (Lipinski definition) is 6. The van der Waals surface area contributed by atoms with E-state index in [4.69, 9.17) is 24.7 Å². The van der Waals surface area contributed by atoms with Gasteiger partial charge in [0.1, 0.15) is 18.1 Å². The summed E-state index contributed by atoms with van der Waals surface area (Å²) in [5.74, 6) is 2.72. The molecule has 176 valence electrons. The lowest BCUT2D eigenvalue weighted by Gasteiger charge is -2.16. The zero-order valence-corrected chi connectivity index (χ0v) is 19.4. The van der Waals surface area contributed by atoms with Crippen molar-refractivity contribution in [3.8, 4) is 23.0 Å². The van der Waals surface area contributed by atoms with E-state index in [1.54, 1.807) is 13.3 Å². The molecular formula is C26H28N4O4. The van der Waals surface area contributed by atoms with Gasteiger partial charge in [0.25, 0.3) is 0 Å². The second kappa shape index (κ2) is 10.9. The van der Waals surface area contributed by atoms with Crippen molar-refractivity contribution in [2.45, 2.75) is 20.5 Å². The van der Waals surface area contributed by atoms with Crippen molar-refractivity contribution in [3.63, 3.8) is 0 Å². The predicted octanol–water partition coefficient (Wildman–Crippen LogP) is 4.84. The Kier molecular flexibility index (Phi) is 7.76. The van der Waals surface area contributed by atoms with Gasteiger partial charge >= 0.3 is 6.03 Å². The predicted molar refractivity (Wildman–Crippen MR) is 133 cm³/mol. The number of nitrogen functional groups attached to an aromatic ring is 1. The van der Waals surface area contributed by atoms with Crippen molar-refractivity contribution >= 4 is 22.6 Å². The van der Waals surface area contributed by atoms with Crippen LogP contribution in [-0.4, -0.2) is 18.1 Å². The van der Waals surface area contributed by atoms with Gasteiger partial charge < -0.3 is 31.4 Å². The van der Waals surface area contributed by atoms with Gasteiger partial charge in [-0.1, -0.05) is 30.3 Å². The van der Waals surface area contributed by atoms with E-state index in [2.05, 4.69) is 16.5 Å². The van der Waals surface area contributed by atoms with Gasteiger partial charge in [0.2, 0.25) is 0 Å². The van der Waals surface area contributed by atoms with Gasteiger partial charge in [-0.3, -0.25) is 4.98 Å². The van der Waals surface area contributed by atoms with Crippen molar-refractivity contribution in [3.05, 3.63) is 83.6 Å². The molecule has 0 aliphatic rings. The first-order valence-electron chi connectivity index (χ1n) is 10.5. The number of urea groups is 1. The number of anilines is 1. The fourth-order valence-electron chi connectivity index (χ4n) is 3.27. The molecule has 1 aromatic heterocycles. The lowest BCUT2D eigenvalue weighted by Crippen LogP contribution is -2.18. The van der Waals surface area contributed by atoms with E-state index in [-0.39, 0.29) is 0 Å². The number of methoxy groups -OCH3 is 1. The molecule has 8 nitrogen and oxygen atoms in total. The third-order valence-corrected chi connectivity index (χ3v) is 5.22. The van der Waals surface area contributed by atoms with Crippen molar-refractivity contribution in [1.82, 2.24) is 4.98 Å². The van der Waals surface area contributed by atoms with Crippen LogP contribution in [0.5, 0.6) is 23.0 Å². The van der Waals surface area contributed by atoms with E-state index in [1.165, 1.54) is 0 Å². The monoisotopic (exact) mass is 460 g/mol. The summed E-state index contributed by atoms with van der Waals surface area (Å²) in [5.41, 5.74) is 19.1. The third kappa shape index (κ3) is 5.86. The van der Waals surface area contributed by atoms with Gasteiger partial charge in [-0.15, -0.1) is 0 Å². The molecular weight excluding hydrogens is 432 g/mol. The number of carbonyl (C=O) groups excluding carboxylic acids is 1. The number of primary amides is 2. The summed E-state index contributed by atoms with van der Waals surface area (Å²) in [6.45, 7) is 4.44. The maximum absolute atomic E-state index is 9.00. The standard InChI is InChI=1S/C25H24N2O3.CH4N2O/c1-16-17(2)22(10-9-20(16)26)30-23-11-12-27-21-14-25(24(28-3)13-19(21)23)29-15-18-7-5-4-6-8-18;2-1(3)4/h4-14H,15,26H2,1-3H3;(H4,2,3,4). The highest BCUT2D eigenvalue weighted by Gasteiger charge is 2.14. The Hall–Kier alpha value is -4.46. The summed E-state index contributed by atoms with van der Waals surface area (Å²) in [5, 5.41) is 0.843. The maximum atomic E-state index is 9.00. The van der Waals surface area contributed by atoms with Crippen LogP contribution >= 0.6 is 0 Å². The first-order chi connectivity index (χ1) is 16.3. The van der Waals surface area contributed by atoms with Crippen LogP contribution in [-0.2, 0) is 6.61 Å². The molecule has 4 aromatic rings. The maximum Gasteiger partial charge on any atom is 0.309 e. The number of fused-ring (bicyclic) bond motifs is 1. The zero-order valence-electron chi connectivity index (χ0n) is 19.4. The van der Waals surface area contributed by atoms with Crippen LogP contribution in [0.25, 0.3) is 10.9 Å². The summed E-state index contributed by atoms with van der Waals surface area (Å²) >= 11 is 0. The van der Waals surface area contributed by atoms with Crippen LogP contribution in [0.3, 0.4) is 0 Å². The molecule has 0 atom stereocenters. The van der Waals surface area contributed by atoms with E-state index in [1.807, 2.05) is 74.5 Å². The Morgan fingerprint density at radius 1 is 0.882 bits per heavy atom. The van der Waals surface area contributed by atoms with Crippen molar-refractivity contribution in [1.29, 1.82) is 0 Å². The number of aromatic nitrogens is 1. The second-order valence-electron chi connectivity index (χ2n) is 7.51. The second-order valence-corrected chi connectivity index (χ2v) is 7.51. The van der Waals surface area contributed by atoms with Crippen LogP contribution in [0.1, 0.15) is 16.7 Å². The summed E-state index contributed by atoms with van der Waals surface area (Å²) in [7, 11) is 1.63. The topological polar surface area (TPSA) is 136 Å². The Morgan fingerprint density at radius 3 is 2.26 bits per heavy atom. The molecule has 0 unspecified atom stereocenters. The van der Waals surface area contributed by atoms with Gasteiger partial charge in [0, 0.05) is 23.3 Å². The smallest absolute Gasteiger partial charge is 0.309 e. The summed E-state index contributed by atoms with van der Waals surface area (Å²) in [6, 6.07) is 18.5.